The third kappa shape index (κ3) is 3.01. The number of hydrogen-bond donors (Lipinski definition) is 0. The summed E-state index contributed by atoms with van der Waals surface area (Å²) in [5, 5.41) is 2.03. The number of hydrogen-bond acceptors (Lipinski definition) is 5. The fourth-order valence-electron chi connectivity index (χ4n) is 3.81. The van der Waals surface area contributed by atoms with Gasteiger partial charge in [-0.1, -0.05) is 0 Å². The van der Waals surface area contributed by atoms with Gasteiger partial charge in [0.05, 0.1) is 6.61 Å². The zero-order valence-corrected chi connectivity index (χ0v) is 15.7. The molecule has 5 heteroatoms. The van der Waals surface area contributed by atoms with Gasteiger partial charge >= 0.3 is 5.63 Å². The van der Waals surface area contributed by atoms with E-state index < -0.39 is 0 Å². The van der Waals surface area contributed by atoms with Crippen molar-refractivity contribution in [3.8, 4) is 5.75 Å². The minimum atomic E-state index is -0.358. The van der Waals surface area contributed by atoms with Crippen LogP contribution < -0.4 is 10.4 Å². The van der Waals surface area contributed by atoms with E-state index in [1.54, 1.807) is 0 Å². The first kappa shape index (κ1) is 17.2. The molecular weight excluding hydrogens is 330 g/mol. The molecule has 1 aliphatic carbocycles. The molecule has 3 aromatic rings. The molecule has 26 heavy (non-hydrogen) atoms. The Balaban J connectivity index is 1.88. The van der Waals surface area contributed by atoms with Crippen LogP contribution in [0.1, 0.15) is 36.1 Å². The monoisotopic (exact) mass is 355 g/mol. The average molecular weight is 355 g/mol. The lowest BCUT2D eigenvalue weighted by Crippen LogP contribution is -2.15. The third-order valence-electron chi connectivity index (χ3n) is 5.12. The Morgan fingerprint density at radius 3 is 2.65 bits per heavy atom. The van der Waals surface area contributed by atoms with E-state index in [9.17, 15) is 4.79 Å². The summed E-state index contributed by atoms with van der Waals surface area (Å²) in [6.45, 7) is 3.42. The first-order valence-electron chi connectivity index (χ1n) is 9.34. The number of aryl methyl sites for hydroxylation is 3. The summed E-state index contributed by atoms with van der Waals surface area (Å²) in [6, 6.07) is 3.64. The minimum Gasteiger partial charge on any atom is -0.486 e. The highest BCUT2D eigenvalue weighted by Crippen LogP contribution is 2.41. The molecule has 138 valence electrons. The van der Waals surface area contributed by atoms with Gasteiger partial charge in [0.15, 0.2) is 11.2 Å². The molecule has 0 radical (unpaired) electrons. The molecule has 0 unspecified atom stereocenters. The maximum atomic E-state index is 11.9. The average Bonchev–Trinajstić information content (AvgIpc) is 2.96. The molecule has 0 N–H and O–H groups in total. The second kappa shape index (κ2) is 6.80. The van der Waals surface area contributed by atoms with Crippen molar-refractivity contribution in [3.05, 3.63) is 39.4 Å². The standard InChI is InChI=1S/C21H25NO4/c1-13-11-18(23)26-19-15(13)12-16-14-7-4-5-8-17(14)25-20(16)21(19)24-10-6-9-22(2)3/h11-12H,4-10H2,1-3H3. The molecule has 5 nitrogen and oxygen atoms in total. The molecule has 0 atom stereocenters. The topological polar surface area (TPSA) is 55.8 Å². The minimum absolute atomic E-state index is 0.358. The molecule has 0 fully saturated rings. The van der Waals surface area contributed by atoms with Crippen LogP contribution in [0.3, 0.4) is 0 Å². The maximum absolute atomic E-state index is 11.9. The number of fused-ring (bicyclic) bond motifs is 4. The van der Waals surface area contributed by atoms with Gasteiger partial charge in [0.2, 0.25) is 5.75 Å². The van der Waals surface area contributed by atoms with Crippen molar-refractivity contribution in [3.63, 3.8) is 0 Å². The maximum Gasteiger partial charge on any atom is 0.336 e. The highest BCUT2D eigenvalue weighted by molar-refractivity contribution is 6.03. The van der Waals surface area contributed by atoms with Crippen molar-refractivity contribution in [1.29, 1.82) is 0 Å². The van der Waals surface area contributed by atoms with Gasteiger partial charge < -0.3 is 18.5 Å². The molecule has 0 saturated carbocycles. The Kier molecular flexibility index (Phi) is 4.49. The Morgan fingerprint density at radius 1 is 1.08 bits per heavy atom. The molecule has 2 aromatic heterocycles. The molecule has 0 bridgehead atoms. The van der Waals surface area contributed by atoms with Crippen molar-refractivity contribution in [2.45, 2.75) is 39.0 Å². The highest BCUT2D eigenvalue weighted by atomic mass is 16.5. The molecule has 0 saturated heterocycles. The summed E-state index contributed by atoms with van der Waals surface area (Å²) in [7, 11) is 4.08. The van der Waals surface area contributed by atoms with E-state index in [1.807, 2.05) is 21.0 Å². The lowest BCUT2D eigenvalue weighted by atomic mass is 9.95. The number of nitrogens with zero attached hydrogens (tertiary/aromatic N) is 1. The summed E-state index contributed by atoms with van der Waals surface area (Å²) in [5.74, 6) is 1.63. The fraction of sp³-hybridized carbons (Fsp3) is 0.476. The van der Waals surface area contributed by atoms with Crippen LogP contribution in [-0.4, -0.2) is 32.1 Å². The van der Waals surface area contributed by atoms with Crippen LogP contribution in [0.2, 0.25) is 0 Å². The van der Waals surface area contributed by atoms with Crippen molar-refractivity contribution >= 4 is 21.9 Å². The van der Waals surface area contributed by atoms with Crippen LogP contribution in [0, 0.1) is 6.92 Å². The van der Waals surface area contributed by atoms with Gasteiger partial charge in [-0.2, -0.15) is 0 Å². The summed E-state index contributed by atoms with van der Waals surface area (Å²) in [4.78, 5) is 14.1. The van der Waals surface area contributed by atoms with Crippen molar-refractivity contribution in [2.24, 2.45) is 0 Å². The molecule has 2 heterocycles. The SMILES string of the molecule is Cc1cc(=O)oc2c(OCCCN(C)C)c3oc4c(c3cc12)CCCC4. The predicted octanol–water partition coefficient (Wildman–Crippen LogP) is 4.06. The quantitative estimate of drug-likeness (QED) is 0.510. The number of ether oxygens (including phenoxy) is 1. The van der Waals surface area contributed by atoms with Crippen LogP contribution in [-0.2, 0) is 12.8 Å². The van der Waals surface area contributed by atoms with Crippen LogP contribution in [0.25, 0.3) is 21.9 Å². The Labute approximate surface area is 152 Å². The number of benzene rings is 1. The van der Waals surface area contributed by atoms with Crippen LogP contribution >= 0.6 is 0 Å². The number of rotatable bonds is 5. The summed E-state index contributed by atoms with van der Waals surface area (Å²) >= 11 is 0. The summed E-state index contributed by atoms with van der Waals surface area (Å²) < 4.78 is 17.8. The second-order valence-corrected chi connectivity index (χ2v) is 7.42. The fourth-order valence-corrected chi connectivity index (χ4v) is 3.81. The van der Waals surface area contributed by atoms with Crippen molar-refractivity contribution < 1.29 is 13.6 Å². The predicted molar refractivity (Wildman–Crippen MR) is 102 cm³/mol. The van der Waals surface area contributed by atoms with Gasteiger partial charge in [0.25, 0.3) is 0 Å². The summed E-state index contributed by atoms with van der Waals surface area (Å²) in [5.41, 5.74) is 3.06. The third-order valence-corrected chi connectivity index (χ3v) is 5.12. The van der Waals surface area contributed by atoms with Crippen LogP contribution in [0.15, 0.2) is 25.8 Å². The highest BCUT2D eigenvalue weighted by Gasteiger charge is 2.24. The first-order chi connectivity index (χ1) is 12.5. The lowest BCUT2D eigenvalue weighted by molar-refractivity contribution is 0.279. The molecular formula is C21H25NO4. The molecule has 1 aromatic carbocycles. The van der Waals surface area contributed by atoms with Gasteiger partial charge in [-0.15, -0.1) is 0 Å². The Hall–Kier alpha value is -2.27. The molecule has 0 aliphatic heterocycles. The van der Waals surface area contributed by atoms with Gasteiger partial charge in [0.1, 0.15) is 5.76 Å². The Morgan fingerprint density at radius 2 is 1.85 bits per heavy atom. The first-order valence-corrected chi connectivity index (χ1v) is 9.34. The van der Waals surface area contributed by atoms with E-state index in [4.69, 9.17) is 13.6 Å². The van der Waals surface area contributed by atoms with Crippen molar-refractivity contribution in [2.75, 3.05) is 27.2 Å². The smallest absolute Gasteiger partial charge is 0.336 e. The van der Waals surface area contributed by atoms with Gasteiger partial charge in [-0.3, -0.25) is 0 Å². The molecule has 0 spiro atoms. The van der Waals surface area contributed by atoms with E-state index in [2.05, 4.69) is 11.0 Å². The van der Waals surface area contributed by atoms with Crippen LogP contribution in [0.5, 0.6) is 5.75 Å². The molecule has 1 aliphatic rings. The zero-order chi connectivity index (χ0) is 18.3. The van der Waals surface area contributed by atoms with Gasteiger partial charge in [0, 0.05) is 35.4 Å². The second-order valence-electron chi connectivity index (χ2n) is 7.42. The molecule has 0 amide bonds. The van der Waals surface area contributed by atoms with E-state index in [-0.39, 0.29) is 5.63 Å². The normalized spacial score (nSPS) is 14.3. The van der Waals surface area contributed by atoms with Gasteiger partial charge in [-0.25, -0.2) is 4.79 Å². The van der Waals surface area contributed by atoms with E-state index in [1.165, 1.54) is 18.1 Å². The molecule has 4 rings (SSSR count). The zero-order valence-electron chi connectivity index (χ0n) is 15.7. The largest absolute Gasteiger partial charge is 0.486 e. The summed E-state index contributed by atoms with van der Waals surface area (Å²) in [6.07, 6.45) is 5.22. The van der Waals surface area contributed by atoms with Crippen LogP contribution in [0.4, 0.5) is 0 Å². The van der Waals surface area contributed by atoms with Crippen molar-refractivity contribution in [1.82, 2.24) is 4.90 Å². The van der Waals surface area contributed by atoms with E-state index in [0.717, 1.165) is 59.9 Å². The lowest BCUT2D eigenvalue weighted by Gasteiger charge is -2.12. The van der Waals surface area contributed by atoms with E-state index in [0.29, 0.717) is 17.9 Å². The Bertz CT molecular complexity index is 1010. The van der Waals surface area contributed by atoms with E-state index >= 15 is 0 Å². The van der Waals surface area contributed by atoms with Gasteiger partial charge in [-0.05, 0) is 58.3 Å². The number of furan rings is 1.